The molecule has 4 rings (SSSR count). The van der Waals surface area contributed by atoms with Gasteiger partial charge in [-0.15, -0.1) is 5.06 Å². The first-order valence-electron chi connectivity index (χ1n) is 11.5. The highest BCUT2D eigenvalue weighted by atomic mass is 16.7. The zero-order valence-corrected chi connectivity index (χ0v) is 19.8. The molecule has 0 amide bonds. The number of carbonyl (C=O) groups is 2. The highest BCUT2D eigenvalue weighted by molar-refractivity contribution is 5.77. The van der Waals surface area contributed by atoms with Crippen LogP contribution in [0.2, 0.25) is 0 Å². The molecule has 176 valence electrons. The molecule has 4 aliphatic heterocycles. The molecule has 4 heterocycles. The third-order valence-corrected chi connectivity index (χ3v) is 8.22. The summed E-state index contributed by atoms with van der Waals surface area (Å²) in [6.45, 7) is 7.47. The number of nitrogens with zero attached hydrogens (tertiary/aromatic N) is 2. The maximum atomic E-state index is 13.7. The molecule has 0 aromatic heterocycles. The molecule has 4 aliphatic rings. The number of carbonyl (C=O) groups excluding carboxylic acids is 2. The van der Waals surface area contributed by atoms with Crippen LogP contribution in [0.5, 0.6) is 0 Å². The van der Waals surface area contributed by atoms with Gasteiger partial charge in [0.2, 0.25) is 0 Å². The van der Waals surface area contributed by atoms with Crippen molar-refractivity contribution in [2.45, 2.75) is 88.0 Å². The van der Waals surface area contributed by atoms with Gasteiger partial charge < -0.3 is 19.0 Å². The lowest BCUT2D eigenvalue weighted by atomic mass is 9.77. The molecule has 0 N–H and O–H groups in total. The van der Waals surface area contributed by atoms with Gasteiger partial charge in [-0.25, -0.2) is 4.79 Å². The fraction of sp³-hybridized carbons (Fsp3) is 0.913. The van der Waals surface area contributed by atoms with Crippen LogP contribution in [0.3, 0.4) is 0 Å². The molecule has 8 nitrogen and oxygen atoms in total. The fourth-order valence-electron chi connectivity index (χ4n) is 7.42. The standard InChI is InChI=1S/C23H38N2O6/c1-21(2,3)24-15-7-9-22(24,13-28-4)18(11-15)20(27)31-25-16-8-10-23(25,14-29-5)17(12-16)19(26)30-6/h15-18H,7-14H2,1-6H3/t15-,16-,17-,18-,22+,23+/m1/s1. The second-order valence-corrected chi connectivity index (χ2v) is 10.8. The Balaban J connectivity index is 1.59. The van der Waals surface area contributed by atoms with Gasteiger partial charge in [0.25, 0.3) is 0 Å². The van der Waals surface area contributed by atoms with Crippen molar-refractivity contribution in [3.63, 3.8) is 0 Å². The largest absolute Gasteiger partial charge is 0.469 e. The zero-order chi connectivity index (χ0) is 22.6. The van der Waals surface area contributed by atoms with Crippen LogP contribution in [-0.2, 0) is 28.6 Å². The van der Waals surface area contributed by atoms with Crippen molar-refractivity contribution in [2.75, 3.05) is 34.5 Å². The van der Waals surface area contributed by atoms with Crippen molar-refractivity contribution < 1.29 is 28.6 Å². The zero-order valence-electron chi connectivity index (χ0n) is 19.8. The van der Waals surface area contributed by atoms with Gasteiger partial charge in [0.1, 0.15) is 0 Å². The highest BCUT2D eigenvalue weighted by Gasteiger charge is 2.66. The van der Waals surface area contributed by atoms with Crippen molar-refractivity contribution >= 4 is 11.9 Å². The number of fused-ring (bicyclic) bond motifs is 4. The van der Waals surface area contributed by atoms with E-state index in [0.717, 1.165) is 32.1 Å². The van der Waals surface area contributed by atoms with Gasteiger partial charge in [-0.1, -0.05) is 0 Å². The second kappa shape index (κ2) is 7.97. The lowest BCUT2D eigenvalue weighted by molar-refractivity contribution is -0.230. The molecule has 4 bridgehead atoms. The monoisotopic (exact) mass is 438 g/mol. The van der Waals surface area contributed by atoms with Gasteiger partial charge in [0, 0.05) is 31.8 Å². The summed E-state index contributed by atoms with van der Waals surface area (Å²) >= 11 is 0. The summed E-state index contributed by atoms with van der Waals surface area (Å²) in [5.41, 5.74) is -1.05. The third kappa shape index (κ3) is 3.33. The van der Waals surface area contributed by atoms with Crippen molar-refractivity contribution in [2.24, 2.45) is 11.8 Å². The smallest absolute Gasteiger partial charge is 0.330 e. The van der Waals surface area contributed by atoms with E-state index in [1.807, 2.05) is 0 Å². The molecule has 0 aromatic carbocycles. The molecular weight excluding hydrogens is 400 g/mol. The number of ether oxygens (including phenoxy) is 3. The van der Waals surface area contributed by atoms with Crippen molar-refractivity contribution in [3.8, 4) is 0 Å². The maximum absolute atomic E-state index is 13.7. The number of hydrogen-bond donors (Lipinski definition) is 0. The number of hydroxylamine groups is 2. The molecule has 0 aliphatic carbocycles. The fourth-order valence-corrected chi connectivity index (χ4v) is 7.42. The van der Waals surface area contributed by atoms with Crippen LogP contribution in [-0.4, -0.2) is 85.1 Å². The minimum atomic E-state index is -0.641. The molecule has 0 spiro atoms. The van der Waals surface area contributed by atoms with Gasteiger partial charge in [0.15, 0.2) is 0 Å². The molecule has 0 aromatic rings. The topological polar surface area (TPSA) is 77.5 Å². The SMILES string of the molecule is COC[C@@]12CC[C@H](C[C@@H]1C(=O)OC)N2OC(=O)[C@H]1C[C@H]2CC[C@@]1(COC)N2C(C)(C)C. The van der Waals surface area contributed by atoms with Crippen molar-refractivity contribution in [1.82, 2.24) is 9.96 Å². The van der Waals surface area contributed by atoms with Gasteiger partial charge in [0.05, 0.1) is 43.2 Å². The minimum Gasteiger partial charge on any atom is -0.469 e. The summed E-state index contributed by atoms with van der Waals surface area (Å²) in [5.74, 6) is -1.05. The Labute approximate surface area is 185 Å². The molecule has 0 radical (unpaired) electrons. The summed E-state index contributed by atoms with van der Waals surface area (Å²) in [4.78, 5) is 34.8. The van der Waals surface area contributed by atoms with Crippen LogP contribution in [0.1, 0.15) is 59.3 Å². The molecule has 6 atom stereocenters. The summed E-state index contributed by atoms with van der Waals surface area (Å²) in [6, 6.07) is 0.387. The molecule has 4 saturated heterocycles. The lowest BCUT2D eigenvalue weighted by Gasteiger charge is -2.45. The van der Waals surface area contributed by atoms with E-state index in [4.69, 9.17) is 19.0 Å². The predicted octanol–water partition coefficient (Wildman–Crippen LogP) is 2.16. The first-order valence-corrected chi connectivity index (χ1v) is 11.5. The third-order valence-electron chi connectivity index (χ3n) is 8.22. The van der Waals surface area contributed by atoms with Gasteiger partial charge in [-0.3, -0.25) is 9.69 Å². The average molecular weight is 439 g/mol. The Hall–Kier alpha value is -1.22. The Morgan fingerprint density at radius 1 is 0.871 bits per heavy atom. The summed E-state index contributed by atoms with van der Waals surface area (Å²) < 4.78 is 16.2. The lowest BCUT2D eigenvalue weighted by Crippen LogP contribution is -2.59. The normalized spacial score (nSPS) is 39.9. The number of methoxy groups -OCH3 is 3. The molecule has 4 fully saturated rings. The summed E-state index contributed by atoms with van der Waals surface area (Å²) in [6.07, 6.45) is 5.07. The number of rotatable bonds is 7. The van der Waals surface area contributed by atoms with Crippen molar-refractivity contribution in [3.05, 3.63) is 0 Å². The van der Waals surface area contributed by atoms with Gasteiger partial charge in [-0.2, -0.15) is 0 Å². The van der Waals surface area contributed by atoms with Crippen LogP contribution in [0.15, 0.2) is 0 Å². The van der Waals surface area contributed by atoms with Crippen molar-refractivity contribution in [1.29, 1.82) is 0 Å². The van der Waals surface area contributed by atoms with Gasteiger partial charge >= 0.3 is 11.9 Å². The van der Waals surface area contributed by atoms with E-state index in [2.05, 4.69) is 25.7 Å². The van der Waals surface area contributed by atoms with Crippen LogP contribution >= 0.6 is 0 Å². The Bertz CT molecular complexity index is 723. The van der Waals surface area contributed by atoms with E-state index in [-0.39, 0.29) is 40.9 Å². The molecule has 8 heteroatoms. The molecule has 0 saturated carbocycles. The predicted molar refractivity (Wildman–Crippen MR) is 113 cm³/mol. The van der Waals surface area contributed by atoms with Crippen LogP contribution in [0, 0.1) is 11.8 Å². The number of hydrogen-bond acceptors (Lipinski definition) is 8. The highest BCUT2D eigenvalue weighted by Crippen LogP contribution is 2.55. The van der Waals surface area contributed by atoms with Crippen LogP contribution in [0.4, 0.5) is 0 Å². The molecule has 31 heavy (non-hydrogen) atoms. The first-order chi connectivity index (χ1) is 14.6. The maximum Gasteiger partial charge on any atom is 0.330 e. The van der Waals surface area contributed by atoms with Crippen LogP contribution < -0.4 is 0 Å². The van der Waals surface area contributed by atoms with Crippen LogP contribution in [0.25, 0.3) is 0 Å². The van der Waals surface area contributed by atoms with E-state index >= 15 is 0 Å². The summed E-state index contributed by atoms with van der Waals surface area (Å²) in [7, 11) is 4.74. The Kier molecular flexibility index (Phi) is 5.90. The van der Waals surface area contributed by atoms with Gasteiger partial charge in [-0.05, 0) is 59.3 Å². The molecular formula is C23H38N2O6. The van der Waals surface area contributed by atoms with E-state index in [9.17, 15) is 9.59 Å². The Morgan fingerprint density at radius 3 is 2.03 bits per heavy atom. The van der Waals surface area contributed by atoms with E-state index in [0.29, 0.717) is 25.7 Å². The quantitative estimate of drug-likeness (QED) is 0.560. The second-order valence-electron chi connectivity index (χ2n) is 10.8. The Morgan fingerprint density at radius 2 is 1.42 bits per heavy atom. The molecule has 0 unspecified atom stereocenters. The van der Waals surface area contributed by atoms with E-state index in [1.54, 1.807) is 19.3 Å². The first kappa shape index (κ1) is 23.0. The average Bonchev–Trinajstić information content (AvgIpc) is 3.42. The minimum absolute atomic E-state index is 0.0267. The summed E-state index contributed by atoms with van der Waals surface area (Å²) in [5, 5.41) is 1.80. The number of esters is 1. The van der Waals surface area contributed by atoms with E-state index in [1.165, 1.54) is 7.11 Å². The van der Waals surface area contributed by atoms with E-state index < -0.39 is 5.54 Å².